The van der Waals surface area contributed by atoms with Crippen LogP contribution in [-0.2, 0) is 22.4 Å². The van der Waals surface area contributed by atoms with Gasteiger partial charge in [0.2, 0.25) is 0 Å². The molecule has 0 bridgehead atoms. The van der Waals surface area contributed by atoms with E-state index in [-0.39, 0.29) is 16.3 Å². The molecule has 182 valence electrons. The fraction of sp³-hybridized carbons (Fsp3) is 0.160. The number of hydrogen-bond acceptors (Lipinski definition) is 7. The van der Waals surface area contributed by atoms with Gasteiger partial charge in [-0.3, -0.25) is 9.59 Å². The van der Waals surface area contributed by atoms with E-state index < -0.39 is 17.8 Å². The van der Waals surface area contributed by atoms with Crippen LogP contribution in [0.4, 0.5) is 5.00 Å². The number of thiophene rings is 1. The number of halogens is 2. The van der Waals surface area contributed by atoms with E-state index in [9.17, 15) is 19.6 Å². The normalized spacial score (nSPS) is 12.5. The van der Waals surface area contributed by atoms with Crippen LogP contribution in [0.2, 0.25) is 10.0 Å². The van der Waals surface area contributed by atoms with Crippen LogP contribution < -0.4 is 15.5 Å². The zero-order valence-electron chi connectivity index (χ0n) is 18.6. The van der Waals surface area contributed by atoms with Gasteiger partial charge in [0, 0.05) is 9.90 Å². The lowest BCUT2D eigenvalue weighted by Crippen LogP contribution is -2.32. The van der Waals surface area contributed by atoms with Crippen LogP contribution in [0, 0.1) is 11.3 Å². The third-order valence-electron chi connectivity index (χ3n) is 5.32. The van der Waals surface area contributed by atoms with Crippen LogP contribution in [0.25, 0.3) is 0 Å². The molecule has 0 aliphatic heterocycles. The standard InChI is InChI=1S/C25H18Cl2N4O4S/c26-15-8-9-18(20(27)11-15)25(34)35-16-5-3-4-14(10-16)13-29-31-23(33)22(32)30-24-19(12-28)17-6-1-2-7-21(17)36-24/h3-5,8-11,13H,1-2,6-7H2,(H,30,32)(H,31,33)/b29-13-. The molecule has 0 fully saturated rings. The van der Waals surface area contributed by atoms with Gasteiger partial charge in [-0.25, -0.2) is 10.2 Å². The minimum atomic E-state index is -0.985. The zero-order chi connectivity index (χ0) is 25.7. The summed E-state index contributed by atoms with van der Waals surface area (Å²) in [5.74, 6) is -2.35. The molecule has 1 aliphatic carbocycles. The van der Waals surface area contributed by atoms with E-state index in [1.165, 1.54) is 41.8 Å². The van der Waals surface area contributed by atoms with Crippen molar-refractivity contribution in [2.75, 3.05) is 5.32 Å². The van der Waals surface area contributed by atoms with E-state index in [1.54, 1.807) is 18.2 Å². The Morgan fingerprint density at radius 2 is 1.89 bits per heavy atom. The monoisotopic (exact) mass is 540 g/mol. The molecule has 0 atom stereocenters. The summed E-state index contributed by atoms with van der Waals surface area (Å²) >= 11 is 13.2. The number of aryl methyl sites for hydroxylation is 1. The largest absolute Gasteiger partial charge is 0.423 e. The summed E-state index contributed by atoms with van der Waals surface area (Å²) < 4.78 is 5.35. The van der Waals surface area contributed by atoms with Crippen LogP contribution in [0.15, 0.2) is 47.6 Å². The van der Waals surface area contributed by atoms with Crippen molar-refractivity contribution < 1.29 is 19.1 Å². The van der Waals surface area contributed by atoms with Gasteiger partial charge in [-0.15, -0.1) is 11.3 Å². The summed E-state index contributed by atoms with van der Waals surface area (Å²) in [4.78, 5) is 38.0. The molecule has 0 saturated carbocycles. The molecular formula is C25H18Cl2N4O4S. The Bertz CT molecular complexity index is 1430. The Kier molecular flexibility index (Phi) is 8.00. The van der Waals surface area contributed by atoms with Crippen molar-refractivity contribution in [1.82, 2.24) is 5.43 Å². The van der Waals surface area contributed by atoms with Crippen LogP contribution in [0.5, 0.6) is 5.75 Å². The Morgan fingerprint density at radius 3 is 2.67 bits per heavy atom. The average molecular weight is 541 g/mol. The highest BCUT2D eigenvalue weighted by Crippen LogP contribution is 2.37. The molecule has 3 aromatic rings. The molecule has 2 N–H and O–H groups in total. The second kappa shape index (κ2) is 11.4. The average Bonchev–Trinajstić information content (AvgIpc) is 3.20. The summed E-state index contributed by atoms with van der Waals surface area (Å²) in [6, 6.07) is 12.9. The molecule has 11 heteroatoms. The molecule has 1 aromatic heterocycles. The Morgan fingerprint density at radius 1 is 1.08 bits per heavy atom. The first-order chi connectivity index (χ1) is 17.4. The number of rotatable bonds is 5. The number of anilines is 1. The van der Waals surface area contributed by atoms with E-state index in [4.69, 9.17) is 27.9 Å². The van der Waals surface area contributed by atoms with Gasteiger partial charge in [-0.1, -0.05) is 35.3 Å². The molecule has 1 aliphatic rings. The van der Waals surface area contributed by atoms with Crippen LogP contribution >= 0.6 is 34.5 Å². The molecule has 0 unspecified atom stereocenters. The van der Waals surface area contributed by atoms with Gasteiger partial charge in [0.05, 0.1) is 22.4 Å². The Hall–Kier alpha value is -3.71. The van der Waals surface area contributed by atoms with Gasteiger partial charge in [0.1, 0.15) is 16.8 Å². The maximum atomic E-state index is 12.4. The predicted molar refractivity (Wildman–Crippen MR) is 138 cm³/mol. The van der Waals surface area contributed by atoms with E-state index in [2.05, 4.69) is 21.9 Å². The molecule has 1 heterocycles. The molecule has 36 heavy (non-hydrogen) atoms. The second-order valence-electron chi connectivity index (χ2n) is 7.77. The van der Waals surface area contributed by atoms with Crippen molar-refractivity contribution in [3.05, 3.63) is 79.6 Å². The first kappa shape index (κ1) is 25.4. The highest BCUT2D eigenvalue weighted by atomic mass is 35.5. The number of carbonyl (C=O) groups is 3. The van der Waals surface area contributed by atoms with Crippen molar-refractivity contribution in [3.63, 3.8) is 0 Å². The van der Waals surface area contributed by atoms with E-state index in [0.717, 1.165) is 36.1 Å². The van der Waals surface area contributed by atoms with Crippen molar-refractivity contribution in [1.29, 1.82) is 5.26 Å². The van der Waals surface area contributed by atoms with Gasteiger partial charge >= 0.3 is 17.8 Å². The minimum absolute atomic E-state index is 0.157. The van der Waals surface area contributed by atoms with Crippen LogP contribution in [0.3, 0.4) is 0 Å². The fourth-order valence-electron chi connectivity index (χ4n) is 3.62. The number of ether oxygens (including phenoxy) is 1. The summed E-state index contributed by atoms with van der Waals surface area (Å²) in [5.41, 5.74) is 4.19. The molecule has 0 radical (unpaired) electrons. The third-order valence-corrected chi connectivity index (χ3v) is 7.07. The molecule has 0 saturated heterocycles. The summed E-state index contributed by atoms with van der Waals surface area (Å²) in [5, 5.41) is 16.7. The number of hydrazone groups is 1. The quantitative estimate of drug-likeness (QED) is 0.153. The lowest BCUT2D eigenvalue weighted by atomic mass is 9.96. The molecule has 0 spiro atoms. The number of benzene rings is 2. The Labute approximate surface area is 220 Å². The zero-order valence-corrected chi connectivity index (χ0v) is 21.0. The number of fused-ring (bicyclic) bond motifs is 1. The highest BCUT2D eigenvalue weighted by Gasteiger charge is 2.23. The van der Waals surface area contributed by atoms with Gasteiger partial charge in [-0.05, 0) is 67.1 Å². The molecular weight excluding hydrogens is 523 g/mol. The molecule has 4 rings (SSSR count). The van der Waals surface area contributed by atoms with Gasteiger partial charge in [-0.2, -0.15) is 10.4 Å². The summed E-state index contributed by atoms with van der Waals surface area (Å²) in [6.07, 6.45) is 4.99. The number of nitrogens with one attached hydrogen (secondary N) is 2. The molecule has 2 aromatic carbocycles. The van der Waals surface area contributed by atoms with E-state index in [0.29, 0.717) is 21.2 Å². The van der Waals surface area contributed by atoms with Crippen molar-refractivity contribution in [3.8, 4) is 11.8 Å². The first-order valence-electron chi connectivity index (χ1n) is 10.8. The van der Waals surface area contributed by atoms with Crippen LogP contribution in [-0.4, -0.2) is 24.0 Å². The predicted octanol–water partition coefficient (Wildman–Crippen LogP) is 5.11. The van der Waals surface area contributed by atoms with Gasteiger partial charge in [0.25, 0.3) is 0 Å². The maximum Gasteiger partial charge on any atom is 0.345 e. The molecule has 8 nitrogen and oxygen atoms in total. The maximum absolute atomic E-state index is 12.4. The number of carbonyl (C=O) groups excluding carboxylic acids is 3. The van der Waals surface area contributed by atoms with Gasteiger partial charge < -0.3 is 10.1 Å². The van der Waals surface area contributed by atoms with E-state index >= 15 is 0 Å². The Balaban J connectivity index is 1.36. The van der Waals surface area contributed by atoms with Crippen molar-refractivity contribution in [2.24, 2.45) is 5.10 Å². The second-order valence-corrected chi connectivity index (χ2v) is 9.72. The fourth-order valence-corrected chi connectivity index (χ4v) is 5.34. The minimum Gasteiger partial charge on any atom is -0.423 e. The smallest absolute Gasteiger partial charge is 0.345 e. The number of esters is 1. The number of nitriles is 1. The molecule has 2 amide bonds. The van der Waals surface area contributed by atoms with Crippen molar-refractivity contribution in [2.45, 2.75) is 25.7 Å². The van der Waals surface area contributed by atoms with E-state index in [1.807, 2.05) is 0 Å². The lowest BCUT2D eigenvalue weighted by molar-refractivity contribution is -0.136. The highest BCUT2D eigenvalue weighted by molar-refractivity contribution is 7.16. The summed E-state index contributed by atoms with van der Waals surface area (Å²) in [7, 11) is 0. The first-order valence-corrected chi connectivity index (χ1v) is 12.4. The topological polar surface area (TPSA) is 121 Å². The third kappa shape index (κ3) is 5.91. The van der Waals surface area contributed by atoms with Crippen LogP contribution in [0.1, 0.15) is 44.8 Å². The summed E-state index contributed by atoms with van der Waals surface area (Å²) in [6.45, 7) is 0. The van der Waals surface area contributed by atoms with Crippen molar-refractivity contribution >= 4 is 63.5 Å². The number of nitrogens with zero attached hydrogens (tertiary/aromatic N) is 2. The van der Waals surface area contributed by atoms with Gasteiger partial charge in [0.15, 0.2) is 0 Å². The lowest BCUT2D eigenvalue weighted by Gasteiger charge is -2.09. The number of hydrogen-bond donors (Lipinski definition) is 2. The SMILES string of the molecule is N#Cc1c(NC(=O)C(=O)N/N=C\c2cccc(OC(=O)c3ccc(Cl)cc3Cl)c2)sc2c1CCCC2. The number of amides is 2.